The highest BCUT2D eigenvalue weighted by Crippen LogP contribution is 2.43. The molecule has 1 aliphatic rings. The number of carbonyl (C=O) groups is 1. The molecule has 0 radical (unpaired) electrons. The van der Waals surface area contributed by atoms with Crippen LogP contribution in [0.25, 0.3) is 11.0 Å². The summed E-state index contributed by atoms with van der Waals surface area (Å²) in [5, 5.41) is 13.8. The van der Waals surface area contributed by atoms with Gasteiger partial charge in [0.1, 0.15) is 17.3 Å². The van der Waals surface area contributed by atoms with Gasteiger partial charge in [0.2, 0.25) is 12.7 Å². The zero-order chi connectivity index (χ0) is 23.7. The lowest BCUT2D eigenvalue weighted by atomic mass is 9.87. The van der Waals surface area contributed by atoms with Crippen LogP contribution in [0.4, 0.5) is 0 Å². The number of methoxy groups -OCH3 is 1. The third-order valence-electron chi connectivity index (χ3n) is 6.00. The highest BCUT2D eigenvalue weighted by molar-refractivity contribution is 5.79. The highest BCUT2D eigenvalue weighted by Gasteiger charge is 2.26. The molecule has 4 aromatic rings. The molecule has 1 unspecified atom stereocenters. The summed E-state index contributed by atoms with van der Waals surface area (Å²) in [6, 6.07) is 18.1. The number of benzene rings is 3. The van der Waals surface area contributed by atoms with Crippen LogP contribution in [-0.4, -0.2) is 34.9 Å². The van der Waals surface area contributed by atoms with Crippen LogP contribution in [0.2, 0.25) is 0 Å². The van der Waals surface area contributed by atoms with Crippen LogP contribution in [0.3, 0.4) is 0 Å². The van der Waals surface area contributed by atoms with Crippen molar-refractivity contribution in [2.24, 2.45) is 0 Å². The second kappa shape index (κ2) is 8.97. The lowest BCUT2D eigenvalue weighted by molar-refractivity contribution is -0.122. The number of phenolic OH excluding ortho intramolecular Hbond substituents is 1. The zero-order valence-electron chi connectivity index (χ0n) is 18.9. The molecule has 3 N–H and O–H groups in total. The van der Waals surface area contributed by atoms with Crippen molar-refractivity contribution in [2.75, 3.05) is 13.9 Å². The van der Waals surface area contributed by atoms with Crippen LogP contribution in [0, 0.1) is 0 Å². The number of hydrogen-bond donors (Lipinski definition) is 3. The first-order valence-electron chi connectivity index (χ1n) is 11.0. The van der Waals surface area contributed by atoms with Gasteiger partial charge in [-0.15, -0.1) is 0 Å². The number of para-hydroxylation sites is 2. The lowest BCUT2D eigenvalue weighted by Crippen LogP contribution is -2.28. The third-order valence-corrected chi connectivity index (χ3v) is 6.00. The van der Waals surface area contributed by atoms with Crippen molar-refractivity contribution in [3.8, 4) is 23.0 Å². The topological polar surface area (TPSA) is 106 Å². The fourth-order valence-corrected chi connectivity index (χ4v) is 4.20. The van der Waals surface area contributed by atoms with E-state index < -0.39 is 5.92 Å². The minimum absolute atomic E-state index is 0.0446. The van der Waals surface area contributed by atoms with Gasteiger partial charge in [-0.1, -0.05) is 24.3 Å². The smallest absolute Gasteiger partial charge is 0.231 e. The van der Waals surface area contributed by atoms with Crippen molar-refractivity contribution in [3.05, 3.63) is 77.6 Å². The number of hydrogen-bond acceptors (Lipinski definition) is 6. The van der Waals surface area contributed by atoms with Crippen molar-refractivity contribution >= 4 is 16.9 Å². The Morgan fingerprint density at radius 2 is 1.88 bits per heavy atom. The second-order valence-corrected chi connectivity index (χ2v) is 8.22. The second-order valence-electron chi connectivity index (χ2n) is 8.22. The fourth-order valence-electron chi connectivity index (χ4n) is 4.20. The van der Waals surface area contributed by atoms with Gasteiger partial charge in [-0.25, -0.2) is 4.98 Å². The predicted molar refractivity (Wildman–Crippen MR) is 126 cm³/mol. The molecule has 8 heteroatoms. The molecule has 174 valence electrons. The number of H-pyrrole nitrogens is 1. The van der Waals surface area contributed by atoms with Crippen LogP contribution in [0.5, 0.6) is 23.0 Å². The number of rotatable bonds is 7. The van der Waals surface area contributed by atoms with Gasteiger partial charge in [0.25, 0.3) is 0 Å². The maximum Gasteiger partial charge on any atom is 0.231 e. The van der Waals surface area contributed by atoms with Crippen LogP contribution in [-0.2, 0) is 4.79 Å². The molecule has 1 amide bonds. The van der Waals surface area contributed by atoms with E-state index in [9.17, 15) is 9.90 Å². The number of phenols is 1. The van der Waals surface area contributed by atoms with E-state index >= 15 is 0 Å². The number of aromatic hydroxyl groups is 1. The molecule has 3 aromatic carbocycles. The van der Waals surface area contributed by atoms with E-state index in [4.69, 9.17) is 14.2 Å². The molecule has 0 bridgehead atoms. The first kappa shape index (κ1) is 21.6. The predicted octanol–water partition coefficient (Wildman–Crippen LogP) is 4.41. The Morgan fingerprint density at radius 1 is 1.15 bits per heavy atom. The van der Waals surface area contributed by atoms with E-state index in [0.29, 0.717) is 28.6 Å². The maximum absolute atomic E-state index is 13.2. The summed E-state index contributed by atoms with van der Waals surface area (Å²) in [4.78, 5) is 21.0. The number of ether oxygens (including phenoxy) is 3. The van der Waals surface area contributed by atoms with Gasteiger partial charge >= 0.3 is 0 Å². The van der Waals surface area contributed by atoms with Crippen LogP contribution < -0.4 is 19.5 Å². The molecule has 2 atom stereocenters. The Bertz CT molecular complexity index is 1300. The molecule has 0 fully saturated rings. The first-order valence-corrected chi connectivity index (χ1v) is 11.0. The Morgan fingerprint density at radius 3 is 2.62 bits per heavy atom. The summed E-state index contributed by atoms with van der Waals surface area (Å²) in [6.07, 6.45) is 0.115. The van der Waals surface area contributed by atoms with Gasteiger partial charge < -0.3 is 29.6 Å². The summed E-state index contributed by atoms with van der Waals surface area (Å²) < 4.78 is 16.1. The quantitative estimate of drug-likeness (QED) is 0.378. The summed E-state index contributed by atoms with van der Waals surface area (Å²) in [5.41, 5.74) is 3.21. The van der Waals surface area contributed by atoms with Crippen molar-refractivity contribution in [1.29, 1.82) is 0 Å². The minimum atomic E-state index is -0.414. The highest BCUT2D eigenvalue weighted by atomic mass is 16.7. The lowest BCUT2D eigenvalue weighted by Gasteiger charge is -2.21. The van der Waals surface area contributed by atoms with Crippen molar-refractivity contribution in [1.82, 2.24) is 15.3 Å². The standard InChI is InChI=1S/C26H25N3O5/c1-15(26-28-20-5-3-4-6-21(20)29-26)27-25(31)12-18(16-7-9-17(32-2)10-8-16)19-11-23-24(13-22(19)30)34-14-33-23/h3-11,13,15,18,30H,12,14H2,1-2H3,(H,27,31)(H,28,29)/t15-,18?/m0/s1. The summed E-state index contributed by atoms with van der Waals surface area (Å²) in [7, 11) is 1.60. The Hall–Kier alpha value is -4.20. The number of carbonyl (C=O) groups excluding carboxylic acids is 1. The molecule has 2 heterocycles. The molecule has 1 aliphatic heterocycles. The number of amides is 1. The SMILES string of the molecule is COc1ccc(C(CC(=O)N[C@@H](C)c2nc3ccccc3[nH]2)c2cc3c(cc2O)OCO3)cc1. The van der Waals surface area contributed by atoms with E-state index in [1.807, 2.05) is 55.5 Å². The largest absolute Gasteiger partial charge is 0.508 e. The van der Waals surface area contributed by atoms with Gasteiger partial charge in [-0.2, -0.15) is 0 Å². The first-order chi connectivity index (χ1) is 16.5. The van der Waals surface area contributed by atoms with E-state index in [1.54, 1.807) is 13.2 Å². The molecule has 0 saturated carbocycles. The summed E-state index contributed by atoms with van der Waals surface area (Å²) in [6.45, 7) is 1.98. The van der Waals surface area contributed by atoms with Crippen molar-refractivity contribution in [2.45, 2.75) is 25.3 Å². The molecule has 1 aromatic heterocycles. The van der Waals surface area contributed by atoms with Crippen LogP contribution in [0.15, 0.2) is 60.7 Å². The molecular weight excluding hydrogens is 434 g/mol. The Labute approximate surface area is 196 Å². The fraction of sp³-hybridized carbons (Fsp3) is 0.231. The normalized spacial score (nSPS) is 14.1. The van der Waals surface area contributed by atoms with E-state index in [2.05, 4.69) is 15.3 Å². The van der Waals surface area contributed by atoms with Gasteiger partial charge in [0, 0.05) is 24.0 Å². The average Bonchev–Trinajstić information content (AvgIpc) is 3.49. The Balaban J connectivity index is 1.41. The number of aromatic nitrogens is 2. The average molecular weight is 460 g/mol. The van der Waals surface area contributed by atoms with Crippen molar-refractivity contribution < 1.29 is 24.1 Å². The van der Waals surface area contributed by atoms with Gasteiger partial charge in [0.05, 0.1) is 24.2 Å². The minimum Gasteiger partial charge on any atom is -0.508 e. The molecule has 8 nitrogen and oxygen atoms in total. The molecule has 5 rings (SSSR count). The molecule has 34 heavy (non-hydrogen) atoms. The third kappa shape index (κ3) is 4.22. The molecule has 0 saturated heterocycles. The maximum atomic E-state index is 13.2. The molecule has 0 aliphatic carbocycles. The van der Waals surface area contributed by atoms with Gasteiger partial charge in [0.15, 0.2) is 11.5 Å². The summed E-state index contributed by atoms with van der Waals surface area (Å²) in [5.74, 6) is 1.87. The molecular formula is C26H25N3O5. The van der Waals surface area contributed by atoms with E-state index in [1.165, 1.54) is 6.07 Å². The number of aromatic amines is 1. The number of nitrogens with one attached hydrogen (secondary N) is 2. The van der Waals surface area contributed by atoms with E-state index in [-0.39, 0.29) is 30.9 Å². The van der Waals surface area contributed by atoms with E-state index in [0.717, 1.165) is 16.6 Å². The number of imidazole rings is 1. The number of nitrogens with zero attached hydrogens (tertiary/aromatic N) is 1. The van der Waals surface area contributed by atoms with Gasteiger partial charge in [-0.05, 0) is 42.8 Å². The van der Waals surface area contributed by atoms with Crippen LogP contribution in [0.1, 0.15) is 42.3 Å². The monoisotopic (exact) mass is 459 g/mol. The number of fused-ring (bicyclic) bond motifs is 2. The zero-order valence-corrected chi connectivity index (χ0v) is 18.9. The van der Waals surface area contributed by atoms with Gasteiger partial charge in [-0.3, -0.25) is 4.79 Å². The molecule has 0 spiro atoms. The summed E-state index contributed by atoms with van der Waals surface area (Å²) >= 11 is 0. The van der Waals surface area contributed by atoms with Crippen molar-refractivity contribution in [3.63, 3.8) is 0 Å². The Kier molecular flexibility index (Phi) is 5.71. The van der Waals surface area contributed by atoms with Crippen LogP contribution >= 0.6 is 0 Å².